The summed E-state index contributed by atoms with van der Waals surface area (Å²) < 4.78 is 28.2. The molecule has 0 atom stereocenters. The number of hydrogen-bond acceptors (Lipinski definition) is 6. The summed E-state index contributed by atoms with van der Waals surface area (Å²) in [7, 11) is -3.78. The monoisotopic (exact) mass is 424 g/mol. The molecule has 1 aromatic carbocycles. The van der Waals surface area contributed by atoms with Crippen LogP contribution in [0.25, 0.3) is 0 Å². The SMILES string of the molecule is NS(=O)(=O)c1cccc(NC(=O)CCN2CCC(CCN3CCOCC3)CC2)c1. The summed E-state index contributed by atoms with van der Waals surface area (Å²) >= 11 is 0. The predicted octanol–water partition coefficient (Wildman–Crippen LogP) is 1.10. The summed E-state index contributed by atoms with van der Waals surface area (Å²) in [4.78, 5) is 17.0. The molecule has 3 N–H and O–H groups in total. The topological polar surface area (TPSA) is 105 Å². The van der Waals surface area contributed by atoms with E-state index in [2.05, 4.69) is 15.1 Å². The molecule has 2 heterocycles. The molecule has 2 aliphatic heterocycles. The predicted molar refractivity (Wildman–Crippen MR) is 112 cm³/mol. The average Bonchev–Trinajstić information content (AvgIpc) is 2.72. The van der Waals surface area contributed by atoms with E-state index in [0.29, 0.717) is 12.1 Å². The third-order valence-corrected chi connectivity index (χ3v) is 6.68. The van der Waals surface area contributed by atoms with E-state index in [4.69, 9.17) is 9.88 Å². The Labute approximate surface area is 173 Å². The van der Waals surface area contributed by atoms with Crippen molar-refractivity contribution >= 4 is 21.6 Å². The Morgan fingerprint density at radius 3 is 2.48 bits per heavy atom. The number of nitrogens with one attached hydrogen (secondary N) is 1. The highest BCUT2D eigenvalue weighted by Gasteiger charge is 2.21. The number of carbonyl (C=O) groups is 1. The first kappa shape index (κ1) is 22.2. The summed E-state index contributed by atoms with van der Waals surface area (Å²) in [6.07, 6.45) is 4.00. The first-order chi connectivity index (χ1) is 13.9. The minimum Gasteiger partial charge on any atom is -0.379 e. The van der Waals surface area contributed by atoms with Crippen molar-refractivity contribution in [3.63, 3.8) is 0 Å². The quantitative estimate of drug-likeness (QED) is 0.647. The van der Waals surface area contributed by atoms with E-state index in [1.807, 2.05) is 0 Å². The van der Waals surface area contributed by atoms with Gasteiger partial charge in [-0.2, -0.15) is 0 Å². The zero-order chi connectivity index (χ0) is 20.7. The van der Waals surface area contributed by atoms with E-state index in [1.54, 1.807) is 12.1 Å². The minimum atomic E-state index is -3.78. The standard InChI is InChI=1S/C20H32N4O4S/c21-29(26,27)19-3-1-2-18(16-19)22-20(25)7-11-23-8-4-17(5-9-23)6-10-24-12-14-28-15-13-24/h1-3,16-17H,4-15H2,(H,22,25)(H2,21,26,27). The first-order valence-corrected chi connectivity index (χ1v) is 11.9. The molecule has 9 heteroatoms. The highest BCUT2D eigenvalue weighted by Crippen LogP contribution is 2.21. The number of piperidine rings is 1. The average molecular weight is 425 g/mol. The summed E-state index contributed by atoms with van der Waals surface area (Å²) in [6, 6.07) is 6.02. The van der Waals surface area contributed by atoms with Crippen LogP contribution in [-0.4, -0.2) is 76.6 Å². The van der Waals surface area contributed by atoms with Crippen molar-refractivity contribution < 1.29 is 17.9 Å². The van der Waals surface area contributed by atoms with E-state index >= 15 is 0 Å². The maximum atomic E-state index is 12.2. The molecule has 0 saturated carbocycles. The Morgan fingerprint density at radius 2 is 1.79 bits per heavy atom. The van der Waals surface area contributed by atoms with Crippen molar-refractivity contribution in [2.45, 2.75) is 30.6 Å². The van der Waals surface area contributed by atoms with Gasteiger partial charge in [0.25, 0.3) is 0 Å². The van der Waals surface area contributed by atoms with Gasteiger partial charge in [-0.1, -0.05) is 6.07 Å². The molecule has 0 bridgehead atoms. The van der Waals surface area contributed by atoms with E-state index in [0.717, 1.165) is 58.4 Å². The second-order valence-corrected chi connectivity index (χ2v) is 9.46. The fourth-order valence-electron chi connectivity index (χ4n) is 3.92. The molecule has 1 aromatic rings. The smallest absolute Gasteiger partial charge is 0.238 e. The molecule has 0 aromatic heterocycles. The van der Waals surface area contributed by atoms with E-state index in [-0.39, 0.29) is 10.8 Å². The molecule has 2 saturated heterocycles. The van der Waals surface area contributed by atoms with Crippen LogP contribution < -0.4 is 10.5 Å². The molecule has 0 unspecified atom stereocenters. The summed E-state index contributed by atoms with van der Waals surface area (Å²) in [5.74, 6) is 0.648. The minimum absolute atomic E-state index is 0.00514. The molecule has 162 valence electrons. The maximum absolute atomic E-state index is 12.2. The lowest BCUT2D eigenvalue weighted by Crippen LogP contribution is -2.39. The lowest BCUT2D eigenvalue weighted by Gasteiger charge is -2.33. The van der Waals surface area contributed by atoms with Crippen LogP contribution in [-0.2, 0) is 19.6 Å². The second kappa shape index (κ2) is 10.5. The van der Waals surface area contributed by atoms with Crippen LogP contribution in [0.5, 0.6) is 0 Å². The van der Waals surface area contributed by atoms with E-state index in [9.17, 15) is 13.2 Å². The number of primary sulfonamides is 1. The van der Waals surface area contributed by atoms with E-state index < -0.39 is 10.0 Å². The van der Waals surface area contributed by atoms with Crippen LogP contribution >= 0.6 is 0 Å². The van der Waals surface area contributed by atoms with Crippen LogP contribution in [0, 0.1) is 5.92 Å². The molecule has 29 heavy (non-hydrogen) atoms. The highest BCUT2D eigenvalue weighted by molar-refractivity contribution is 7.89. The van der Waals surface area contributed by atoms with Crippen molar-refractivity contribution in [1.29, 1.82) is 0 Å². The van der Waals surface area contributed by atoms with Crippen LogP contribution in [0.15, 0.2) is 29.2 Å². The molecule has 0 aliphatic carbocycles. The zero-order valence-corrected chi connectivity index (χ0v) is 17.7. The highest BCUT2D eigenvalue weighted by atomic mass is 32.2. The largest absolute Gasteiger partial charge is 0.379 e. The molecular weight excluding hydrogens is 392 g/mol. The molecule has 1 amide bonds. The molecule has 0 radical (unpaired) electrons. The fourth-order valence-corrected chi connectivity index (χ4v) is 4.48. The van der Waals surface area contributed by atoms with Gasteiger partial charge in [-0.25, -0.2) is 13.6 Å². The van der Waals surface area contributed by atoms with Crippen molar-refractivity contribution in [2.75, 3.05) is 57.8 Å². The normalized spacial score (nSPS) is 19.9. The Hall–Kier alpha value is -1.52. The molecule has 2 aliphatic rings. The number of hydrogen-bond donors (Lipinski definition) is 2. The number of morpholine rings is 1. The number of benzene rings is 1. The van der Waals surface area contributed by atoms with Gasteiger partial charge in [0.1, 0.15) is 0 Å². The molecular formula is C20H32N4O4S. The third kappa shape index (κ3) is 7.35. The van der Waals surface area contributed by atoms with Crippen molar-refractivity contribution in [1.82, 2.24) is 9.80 Å². The Bertz CT molecular complexity index is 772. The zero-order valence-electron chi connectivity index (χ0n) is 16.9. The number of ether oxygens (including phenoxy) is 1. The van der Waals surface area contributed by atoms with Crippen molar-refractivity contribution in [3.8, 4) is 0 Å². The lowest BCUT2D eigenvalue weighted by atomic mass is 9.93. The molecule has 8 nitrogen and oxygen atoms in total. The number of sulfonamides is 1. The van der Waals surface area contributed by atoms with Gasteiger partial charge in [0.15, 0.2) is 0 Å². The summed E-state index contributed by atoms with van der Waals surface area (Å²) in [5, 5.41) is 7.89. The second-order valence-electron chi connectivity index (χ2n) is 7.90. The number of rotatable bonds is 8. The molecule has 3 rings (SSSR count). The Kier molecular flexibility index (Phi) is 8.02. The summed E-state index contributed by atoms with van der Waals surface area (Å²) in [6.45, 7) is 7.75. The van der Waals surface area contributed by atoms with Gasteiger partial charge in [-0.3, -0.25) is 9.69 Å². The number of carbonyl (C=O) groups excluding carboxylic acids is 1. The van der Waals surface area contributed by atoms with Gasteiger partial charge in [0, 0.05) is 31.7 Å². The lowest BCUT2D eigenvalue weighted by molar-refractivity contribution is -0.116. The fraction of sp³-hybridized carbons (Fsp3) is 0.650. The Balaban J connectivity index is 1.34. The van der Waals surface area contributed by atoms with Gasteiger partial charge >= 0.3 is 0 Å². The van der Waals surface area contributed by atoms with Gasteiger partial charge in [-0.15, -0.1) is 0 Å². The molecule has 2 fully saturated rings. The Morgan fingerprint density at radius 1 is 1.10 bits per heavy atom. The van der Waals surface area contributed by atoms with Crippen LogP contribution in [0.1, 0.15) is 25.7 Å². The maximum Gasteiger partial charge on any atom is 0.238 e. The number of likely N-dealkylation sites (tertiary alicyclic amines) is 1. The van der Waals surface area contributed by atoms with Crippen LogP contribution in [0.4, 0.5) is 5.69 Å². The number of amides is 1. The molecule has 0 spiro atoms. The van der Waals surface area contributed by atoms with Gasteiger partial charge in [-0.05, 0) is 63.0 Å². The van der Waals surface area contributed by atoms with Crippen molar-refractivity contribution in [3.05, 3.63) is 24.3 Å². The van der Waals surface area contributed by atoms with Crippen LogP contribution in [0.3, 0.4) is 0 Å². The van der Waals surface area contributed by atoms with Gasteiger partial charge < -0.3 is 15.0 Å². The first-order valence-electron chi connectivity index (χ1n) is 10.4. The number of nitrogens with two attached hydrogens (primary N) is 1. The van der Waals surface area contributed by atoms with Gasteiger partial charge in [0.05, 0.1) is 18.1 Å². The number of nitrogens with zero attached hydrogens (tertiary/aromatic N) is 2. The third-order valence-electron chi connectivity index (χ3n) is 5.77. The van der Waals surface area contributed by atoms with E-state index in [1.165, 1.54) is 31.4 Å². The van der Waals surface area contributed by atoms with Crippen molar-refractivity contribution in [2.24, 2.45) is 11.1 Å². The van der Waals surface area contributed by atoms with Gasteiger partial charge in [0.2, 0.25) is 15.9 Å². The summed E-state index contributed by atoms with van der Waals surface area (Å²) in [5.41, 5.74) is 0.448. The number of anilines is 1. The van der Waals surface area contributed by atoms with Crippen LogP contribution in [0.2, 0.25) is 0 Å².